The molecule has 0 radical (unpaired) electrons. The van der Waals surface area contributed by atoms with Crippen LogP contribution in [0.5, 0.6) is 5.75 Å². The topological polar surface area (TPSA) is 52.3 Å². The largest absolute Gasteiger partial charge is 0.488 e. The highest BCUT2D eigenvalue weighted by atomic mass is 127. The van der Waals surface area contributed by atoms with Crippen LogP contribution in [0.15, 0.2) is 48.5 Å². The molecule has 0 aliphatic heterocycles. The molecule has 0 atom stereocenters. The average molecular weight is 353 g/mol. The first-order valence-electron chi connectivity index (χ1n) is 5.43. The van der Waals surface area contributed by atoms with Crippen LogP contribution < -0.4 is 10.5 Å². The van der Waals surface area contributed by atoms with Crippen molar-refractivity contribution in [1.29, 1.82) is 0 Å². The van der Waals surface area contributed by atoms with Crippen molar-refractivity contribution in [1.82, 2.24) is 0 Å². The quantitative estimate of drug-likeness (QED) is 0.860. The van der Waals surface area contributed by atoms with Gasteiger partial charge in [-0.25, -0.2) is 0 Å². The van der Waals surface area contributed by atoms with Crippen molar-refractivity contribution in [3.63, 3.8) is 0 Å². The minimum atomic E-state index is -0.428. The van der Waals surface area contributed by atoms with E-state index in [9.17, 15) is 4.79 Å². The van der Waals surface area contributed by atoms with Gasteiger partial charge in [-0.3, -0.25) is 4.79 Å². The summed E-state index contributed by atoms with van der Waals surface area (Å²) in [4.78, 5) is 11.0. The van der Waals surface area contributed by atoms with Gasteiger partial charge in [-0.05, 0) is 46.4 Å². The Bertz CT molecular complexity index is 555. The van der Waals surface area contributed by atoms with Gasteiger partial charge in [0.05, 0.1) is 3.57 Å². The summed E-state index contributed by atoms with van der Waals surface area (Å²) in [6.07, 6.45) is 0. The van der Waals surface area contributed by atoms with Crippen LogP contribution in [0, 0.1) is 3.57 Å². The van der Waals surface area contributed by atoms with Gasteiger partial charge in [0.1, 0.15) is 12.4 Å². The van der Waals surface area contributed by atoms with Crippen molar-refractivity contribution < 1.29 is 9.53 Å². The molecular weight excluding hydrogens is 341 g/mol. The van der Waals surface area contributed by atoms with Crippen LogP contribution in [-0.2, 0) is 6.61 Å². The van der Waals surface area contributed by atoms with E-state index >= 15 is 0 Å². The normalized spacial score (nSPS) is 10.1. The van der Waals surface area contributed by atoms with Crippen LogP contribution in [0.1, 0.15) is 15.9 Å². The molecule has 0 aliphatic carbocycles. The van der Waals surface area contributed by atoms with Gasteiger partial charge in [0, 0.05) is 5.56 Å². The molecule has 0 aliphatic rings. The van der Waals surface area contributed by atoms with Gasteiger partial charge < -0.3 is 10.5 Å². The fraction of sp³-hybridized carbons (Fsp3) is 0.0714. The SMILES string of the molecule is NC(=O)c1ccc(OCc2ccccc2)c(I)c1. The molecule has 0 spiro atoms. The number of halogens is 1. The van der Waals surface area contributed by atoms with E-state index in [4.69, 9.17) is 10.5 Å². The third kappa shape index (κ3) is 3.22. The second-order valence-electron chi connectivity index (χ2n) is 3.78. The fourth-order valence-corrected chi connectivity index (χ4v) is 2.18. The van der Waals surface area contributed by atoms with Gasteiger partial charge >= 0.3 is 0 Å². The number of hydrogen-bond donors (Lipinski definition) is 1. The summed E-state index contributed by atoms with van der Waals surface area (Å²) in [6.45, 7) is 0.507. The molecule has 0 saturated heterocycles. The van der Waals surface area contributed by atoms with Gasteiger partial charge in [-0.2, -0.15) is 0 Å². The minimum absolute atomic E-state index is 0.428. The summed E-state index contributed by atoms with van der Waals surface area (Å²) >= 11 is 2.13. The summed E-state index contributed by atoms with van der Waals surface area (Å²) in [7, 11) is 0. The number of primary amides is 1. The first-order valence-corrected chi connectivity index (χ1v) is 6.51. The molecule has 0 heterocycles. The Morgan fingerprint density at radius 2 is 1.89 bits per heavy atom. The Hall–Kier alpha value is -1.56. The number of amides is 1. The highest BCUT2D eigenvalue weighted by Gasteiger charge is 2.06. The maximum atomic E-state index is 11.0. The van der Waals surface area contributed by atoms with Crippen molar-refractivity contribution in [2.24, 2.45) is 5.73 Å². The number of nitrogens with two attached hydrogens (primary N) is 1. The average Bonchev–Trinajstić information content (AvgIpc) is 2.38. The lowest BCUT2D eigenvalue weighted by molar-refractivity contribution is 0.1000. The summed E-state index contributed by atoms with van der Waals surface area (Å²) in [5, 5.41) is 0. The Balaban J connectivity index is 2.08. The van der Waals surface area contributed by atoms with Gasteiger partial charge in [0.2, 0.25) is 5.91 Å². The van der Waals surface area contributed by atoms with Crippen molar-refractivity contribution in [2.75, 3.05) is 0 Å². The molecule has 0 unspecified atom stereocenters. The van der Waals surface area contributed by atoms with Crippen LogP contribution in [0.2, 0.25) is 0 Å². The fourth-order valence-electron chi connectivity index (χ4n) is 1.51. The molecule has 2 N–H and O–H groups in total. The van der Waals surface area contributed by atoms with Crippen LogP contribution in [0.3, 0.4) is 0 Å². The number of carbonyl (C=O) groups is 1. The third-order valence-electron chi connectivity index (χ3n) is 2.45. The molecule has 0 aromatic heterocycles. The molecule has 0 saturated carbocycles. The van der Waals surface area contributed by atoms with Gasteiger partial charge in [-0.1, -0.05) is 30.3 Å². The number of benzene rings is 2. The van der Waals surface area contributed by atoms with E-state index in [0.717, 1.165) is 14.9 Å². The standard InChI is InChI=1S/C14H12INO2/c15-12-8-11(14(16)17)6-7-13(12)18-9-10-4-2-1-3-5-10/h1-8H,9H2,(H2,16,17). The maximum absolute atomic E-state index is 11.0. The number of hydrogen-bond acceptors (Lipinski definition) is 2. The van der Waals surface area contributed by atoms with Crippen molar-refractivity contribution in [3.8, 4) is 5.75 Å². The molecule has 2 rings (SSSR count). The summed E-state index contributed by atoms with van der Waals surface area (Å²) in [5.74, 6) is 0.326. The zero-order valence-electron chi connectivity index (χ0n) is 9.60. The van der Waals surface area contributed by atoms with Gasteiger partial charge in [0.15, 0.2) is 0 Å². The Morgan fingerprint density at radius 3 is 2.50 bits per heavy atom. The second kappa shape index (κ2) is 5.86. The summed E-state index contributed by atoms with van der Waals surface area (Å²) in [6, 6.07) is 15.1. The van der Waals surface area contributed by atoms with E-state index in [1.54, 1.807) is 18.2 Å². The van der Waals surface area contributed by atoms with E-state index in [1.807, 2.05) is 30.3 Å². The van der Waals surface area contributed by atoms with Crippen LogP contribution in [-0.4, -0.2) is 5.91 Å². The Morgan fingerprint density at radius 1 is 1.17 bits per heavy atom. The van der Waals surface area contributed by atoms with E-state index in [0.29, 0.717) is 12.2 Å². The zero-order valence-corrected chi connectivity index (χ0v) is 11.8. The molecule has 0 fully saturated rings. The molecule has 0 bridgehead atoms. The predicted molar refractivity (Wildman–Crippen MR) is 78.5 cm³/mol. The number of ether oxygens (including phenoxy) is 1. The highest BCUT2D eigenvalue weighted by Crippen LogP contribution is 2.23. The molecule has 3 nitrogen and oxygen atoms in total. The Labute approximate surface area is 119 Å². The van der Waals surface area contributed by atoms with E-state index < -0.39 is 5.91 Å². The third-order valence-corrected chi connectivity index (χ3v) is 3.30. The first-order chi connectivity index (χ1) is 8.66. The lowest BCUT2D eigenvalue weighted by Gasteiger charge is -2.09. The van der Waals surface area contributed by atoms with E-state index in [2.05, 4.69) is 22.6 Å². The predicted octanol–water partition coefficient (Wildman–Crippen LogP) is 2.97. The molecular formula is C14H12INO2. The Kier molecular flexibility index (Phi) is 4.19. The van der Waals surface area contributed by atoms with Crippen molar-refractivity contribution >= 4 is 28.5 Å². The summed E-state index contributed by atoms with van der Waals surface area (Å²) < 4.78 is 6.57. The maximum Gasteiger partial charge on any atom is 0.248 e. The number of carbonyl (C=O) groups excluding carboxylic acids is 1. The second-order valence-corrected chi connectivity index (χ2v) is 4.95. The molecule has 4 heteroatoms. The minimum Gasteiger partial charge on any atom is -0.488 e. The van der Waals surface area contributed by atoms with Crippen LogP contribution in [0.25, 0.3) is 0 Å². The molecule has 92 valence electrons. The van der Waals surface area contributed by atoms with Gasteiger partial charge in [-0.15, -0.1) is 0 Å². The van der Waals surface area contributed by atoms with Crippen LogP contribution >= 0.6 is 22.6 Å². The molecule has 1 amide bonds. The highest BCUT2D eigenvalue weighted by molar-refractivity contribution is 14.1. The van der Waals surface area contributed by atoms with Gasteiger partial charge in [0.25, 0.3) is 0 Å². The monoisotopic (exact) mass is 353 g/mol. The lowest BCUT2D eigenvalue weighted by atomic mass is 10.2. The summed E-state index contributed by atoms with van der Waals surface area (Å²) in [5.41, 5.74) is 6.81. The zero-order chi connectivity index (χ0) is 13.0. The smallest absolute Gasteiger partial charge is 0.248 e. The molecule has 2 aromatic carbocycles. The van der Waals surface area contributed by atoms with E-state index in [-0.39, 0.29) is 0 Å². The molecule has 2 aromatic rings. The lowest BCUT2D eigenvalue weighted by Crippen LogP contribution is -2.11. The van der Waals surface area contributed by atoms with Crippen molar-refractivity contribution in [2.45, 2.75) is 6.61 Å². The number of rotatable bonds is 4. The molecule has 18 heavy (non-hydrogen) atoms. The first kappa shape index (κ1) is 12.9. The van der Waals surface area contributed by atoms with Crippen LogP contribution in [0.4, 0.5) is 0 Å². The van der Waals surface area contributed by atoms with Crippen molar-refractivity contribution in [3.05, 3.63) is 63.2 Å². The van der Waals surface area contributed by atoms with E-state index in [1.165, 1.54) is 0 Å².